The van der Waals surface area contributed by atoms with Crippen molar-refractivity contribution >= 4 is 6.29 Å². The molecular formula is C24H20F2N2O4. The highest BCUT2D eigenvalue weighted by atomic mass is 19.1. The van der Waals surface area contributed by atoms with E-state index in [9.17, 15) is 23.8 Å². The number of para-hydroxylation sites is 2. The number of carbonyl (C=O) groups excluding carboxylic acids is 1. The minimum atomic E-state index is -1.13. The van der Waals surface area contributed by atoms with Gasteiger partial charge in [0.25, 0.3) is 0 Å². The molecule has 0 amide bonds. The highest BCUT2D eigenvalue weighted by Gasteiger charge is 2.17. The van der Waals surface area contributed by atoms with E-state index in [2.05, 4.69) is 9.97 Å². The van der Waals surface area contributed by atoms with E-state index in [1.54, 1.807) is 48.7 Å². The molecule has 2 aromatic heterocycles. The highest BCUT2D eigenvalue weighted by Crippen LogP contribution is 2.29. The van der Waals surface area contributed by atoms with Gasteiger partial charge < -0.3 is 15.3 Å². The summed E-state index contributed by atoms with van der Waals surface area (Å²) >= 11 is 0. The average Bonchev–Trinajstić information content (AvgIpc) is 2.84. The van der Waals surface area contributed by atoms with E-state index in [0.29, 0.717) is 11.4 Å². The molecule has 32 heavy (non-hydrogen) atoms. The van der Waals surface area contributed by atoms with Gasteiger partial charge in [-0.3, -0.25) is 14.8 Å². The van der Waals surface area contributed by atoms with E-state index in [4.69, 9.17) is 5.11 Å². The fourth-order valence-electron chi connectivity index (χ4n) is 2.35. The molecule has 164 valence electrons. The third-order valence-corrected chi connectivity index (χ3v) is 3.94. The van der Waals surface area contributed by atoms with E-state index < -0.39 is 23.5 Å². The predicted molar refractivity (Wildman–Crippen MR) is 114 cm³/mol. The molecule has 0 bridgehead atoms. The summed E-state index contributed by atoms with van der Waals surface area (Å²) in [5, 5.41) is 27.9. The Bertz CT molecular complexity index is 1090. The Hall–Kier alpha value is -4.17. The van der Waals surface area contributed by atoms with Gasteiger partial charge in [0.2, 0.25) is 0 Å². The Kier molecular flexibility index (Phi) is 9.42. The zero-order valence-corrected chi connectivity index (χ0v) is 16.7. The van der Waals surface area contributed by atoms with Crippen LogP contribution in [0.4, 0.5) is 8.78 Å². The summed E-state index contributed by atoms with van der Waals surface area (Å²) in [4.78, 5) is 17.6. The second kappa shape index (κ2) is 12.5. The lowest BCUT2D eigenvalue weighted by molar-refractivity contribution is 0.111. The number of aliphatic hydroxyl groups excluding tert-OH is 1. The van der Waals surface area contributed by atoms with Gasteiger partial charge in [-0.2, -0.15) is 0 Å². The van der Waals surface area contributed by atoms with Crippen LogP contribution in [0.5, 0.6) is 11.5 Å². The average molecular weight is 438 g/mol. The molecular weight excluding hydrogens is 418 g/mol. The molecule has 0 radical (unpaired) electrons. The molecule has 4 rings (SSSR count). The van der Waals surface area contributed by atoms with Gasteiger partial charge >= 0.3 is 0 Å². The predicted octanol–water partition coefficient (Wildman–Crippen LogP) is 4.43. The number of pyridine rings is 2. The number of halogens is 2. The summed E-state index contributed by atoms with van der Waals surface area (Å²) in [5.74, 6) is -2.17. The first-order valence-electron chi connectivity index (χ1n) is 9.30. The van der Waals surface area contributed by atoms with Crippen LogP contribution < -0.4 is 0 Å². The normalized spacial score (nSPS) is 10.6. The third kappa shape index (κ3) is 7.26. The van der Waals surface area contributed by atoms with Gasteiger partial charge in [0.1, 0.15) is 11.8 Å². The monoisotopic (exact) mass is 438 g/mol. The number of aromatic hydroxyl groups is 2. The van der Waals surface area contributed by atoms with Gasteiger partial charge in [-0.25, -0.2) is 8.78 Å². The number of phenols is 2. The first-order chi connectivity index (χ1) is 15.4. The molecule has 0 aliphatic rings. The molecule has 3 N–H and O–H groups in total. The number of nitrogens with zero attached hydrogens (tertiary/aromatic N) is 2. The third-order valence-electron chi connectivity index (χ3n) is 3.94. The Morgan fingerprint density at radius 3 is 1.88 bits per heavy atom. The van der Waals surface area contributed by atoms with Gasteiger partial charge in [-0.05, 0) is 42.5 Å². The summed E-state index contributed by atoms with van der Waals surface area (Å²) in [6.45, 7) is 0. The Labute approximate surface area is 183 Å². The molecule has 0 saturated heterocycles. The minimum absolute atomic E-state index is 0.110. The number of hydrogen-bond acceptors (Lipinski definition) is 6. The molecule has 6 nitrogen and oxygen atoms in total. The van der Waals surface area contributed by atoms with Crippen molar-refractivity contribution < 1.29 is 28.9 Å². The number of aldehydes is 1. The van der Waals surface area contributed by atoms with Crippen LogP contribution in [0.2, 0.25) is 0 Å². The number of rotatable bonds is 3. The van der Waals surface area contributed by atoms with Crippen molar-refractivity contribution in [2.45, 2.75) is 6.10 Å². The van der Waals surface area contributed by atoms with Gasteiger partial charge in [0.15, 0.2) is 29.4 Å². The zero-order chi connectivity index (χ0) is 23.3. The van der Waals surface area contributed by atoms with Crippen molar-refractivity contribution in [3.63, 3.8) is 0 Å². The van der Waals surface area contributed by atoms with Gasteiger partial charge in [0.05, 0.1) is 5.69 Å². The summed E-state index contributed by atoms with van der Waals surface area (Å²) in [6.07, 6.45) is 2.70. The smallest absolute Gasteiger partial charge is 0.168 e. The van der Waals surface area contributed by atoms with Crippen LogP contribution in [0.1, 0.15) is 27.8 Å². The van der Waals surface area contributed by atoms with E-state index >= 15 is 0 Å². The van der Waals surface area contributed by atoms with Crippen molar-refractivity contribution in [2.75, 3.05) is 0 Å². The molecule has 2 aromatic carbocycles. The van der Waals surface area contributed by atoms with Crippen LogP contribution >= 0.6 is 0 Å². The maximum absolute atomic E-state index is 13.1. The number of aliphatic hydroxyl groups is 1. The number of carbonyl (C=O) groups is 1. The quantitative estimate of drug-likeness (QED) is 0.409. The lowest BCUT2D eigenvalue weighted by Crippen LogP contribution is -2.02. The molecule has 2 heterocycles. The summed E-state index contributed by atoms with van der Waals surface area (Å²) in [5.41, 5.74) is 0.953. The van der Waals surface area contributed by atoms with E-state index in [1.165, 1.54) is 36.5 Å². The SMILES string of the molecule is O=Cc1ccccn1.Oc1c(F)cccc1C(O)c1ccccn1.Oc1ccccc1F. The van der Waals surface area contributed by atoms with Crippen molar-refractivity contribution in [2.24, 2.45) is 0 Å². The van der Waals surface area contributed by atoms with Gasteiger partial charge in [-0.15, -0.1) is 0 Å². The molecule has 0 spiro atoms. The fourth-order valence-corrected chi connectivity index (χ4v) is 2.35. The highest BCUT2D eigenvalue weighted by molar-refractivity contribution is 5.71. The van der Waals surface area contributed by atoms with Crippen molar-refractivity contribution in [3.05, 3.63) is 120 Å². The second-order valence-electron chi connectivity index (χ2n) is 6.16. The molecule has 0 saturated carbocycles. The number of hydrogen-bond donors (Lipinski definition) is 3. The molecule has 4 aromatic rings. The van der Waals surface area contributed by atoms with E-state index in [1.807, 2.05) is 0 Å². The van der Waals surface area contributed by atoms with Crippen molar-refractivity contribution in [3.8, 4) is 11.5 Å². The zero-order valence-electron chi connectivity index (χ0n) is 16.7. The molecule has 0 aliphatic heterocycles. The molecule has 1 unspecified atom stereocenters. The standard InChI is InChI=1S/C12H10FNO2.C6H5FO.C6H5NO/c13-9-5-3-4-8(11(9)15)12(16)10-6-1-2-7-14-10;7-5-3-1-2-4-6(5)8;8-5-6-3-1-2-4-7-6/h1-7,12,15-16H;1-4,8H;1-5H. The number of benzene rings is 2. The summed E-state index contributed by atoms with van der Waals surface area (Å²) in [7, 11) is 0. The van der Waals surface area contributed by atoms with Gasteiger partial charge in [0, 0.05) is 18.0 Å². The molecule has 0 aliphatic carbocycles. The second-order valence-corrected chi connectivity index (χ2v) is 6.16. The molecule has 1 atom stereocenters. The number of phenolic OH excluding ortho intramolecular Hbond substituents is 2. The van der Waals surface area contributed by atoms with Crippen molar-refractivity contribution in [1.29, 1.82) is 0 Å². The van der Waals surface area contributed by atoms with E-state index in [-0.39, 0.29) is 11.3 Å². The van der Waals surface area contributed by atoms with Gasteiger partial charge in [-0.1, -0.05) is 36.4 Å². The van der Waals surface area contributed by atoms with Crippen LogP contribution in [-0.4, -0.2) is 31.6 Å². The summed E-state index contributed by atoms with van der Waals surface area (Å²) < 4.78 is 25.1. The fraction of sp³-hybridized carbons (Fsp3) is 0.0417. The first-order valence-corrected chi connectivity index (χ1v) is 9.30. The van der Waals surface area contributed by atoms with E-state index in [0.717, 1.165) is 12.4 Å². The van der Waals surface area contributed by atoms with Crippen LogP contribution in [-0.2, 0) is 0 Å². The maximum atomic E-state index is 13.1. The lowest BCUT2D eigenvalue weighted by Gasteiger charge is -2.12. The Balaban J connectivity index is 0.000000190. The molecule has 8 heteroatoms. The lowest BCUT2D eigenvalue weighted by atomic mass is 10.0. The molecule has 0 fully saturated rings. The van der Waals surface area contributed by atoms with Crippen LogP contribution in [0, 0.1) is 11.6 Å². The first kappa shape index (κ1) is 24.1. The van der Waals surface area contributed by atoms with Crippen LogP contribution in [0.15, 0.2) is 91.3 Å². The van der Waals surface area contributed by atoms with Crippen LogP contribution in [0.25, 0.3) is 0 Å². The maximum Gasteiger partial charge on any atom is 0.168 e. The number of aromatic nitrogens is 2. The Morgan fingerprint density at radius 1 is 0.750 bits per heavy atom. The van der Waals surface area contributed by atoms with Crippen LogP contribution in [0.3, 0.4) is 0 Å². The van der Waals surface area contributed by atoms with Crippen molar-refractivity contribution in [1.82, 2.24) is 9.97 Å². The topological polar surface area (TPSA) is 104 Å². The Morgan fingerprint density at radius 2 is 1.38 bits per heavy atom. The largest absolute Gasteiger partial charge is 0.505 e. The minimum Gasteiger partial charge on any atom is -0.505 e. The summed E-state index contributed by atoms with van der Waals surface area (Å²) in [6, 6.07) is 19.8.